The lowest BCUT2D eigenvalue weighted by Crippen LogP contribution is -2.35. The summed E-state index contributed by atoms with van der Waals surface area (Å²) in [5, 5.41) is 8.74. The number of Topliss-reactive ketones (excluding diaryl/α,β-unsaturated/α-hetero) is 1. The predicted octanol–water partition coefficient (Wildman–Crippen LogP) is 7.18. The highest BCUT2D eigenvalue weighted by Crippen LogP contribution is 2.44. The molecule has 9 heteroatoms. The first-order valence-corrected chi connectivity index (χ1v) is 12.2. The van der Waals surface area contributed by atoms with Crippen LogP contribution in [0.25, 0.3) is 22.0 Å². The van der Waals surface area contributed by atoms with E-state index in [0.717, 1.165) is 27.8 Å². The number of alkyl halides is 2. The zero-order valence-corrected chi connectivity index (χ0v) is 20.7. The molecule has 6 nitrogen and oxygen atoms in total. The summed E-state index contributed by atoms with van der Waals surface area (Å²) in [5.41, 5.74) is 4.13. The van der Waals surface area contributed by atoms with E-state index in [0.29, 0.717) is 35.1 Å². The van der Waals surface area contributed by atoms with Gasteiger partial charge in [0.25, 0.3) is 0 Å². The van der Waals surface area contributed by atoms with Gasteiger partial charge >= 0.3 is 0 Å². The van der Waals surface area contributed by atoms with E-state index >= 15 is 0 Å². The molecule has 0 unspecified atom stereocenters. The number of carbonyl (C=O) groups excluding carboxylic acids is 1. The van der Waals surface area contributed by atoms with Gasteiger partial charge in [0.05, 0.1) is 11.2 Å². The van der Waals surface area contributed by atoms with Gasteiger partial charge in [0.15, 0.2) is 11.6 Å². The van der Waals surface area contributed by atoms with E-state index in [1.807, 2.05) is 50.2 Å². The predicted molar refractivity (Wildman–Crippen MR) is 135 cm³/mol. The molecule has 2 aromatic carbocycles. The molecule has 0 amide bonds. The number of hydrogen-bond acceptors (Lipinski definition) is 6. The smallest absolute Gasteiger partial charge is 0.248 e. The van der Waals surface area contributed by atoms with Crippen LogP contribution in [0.4, 0.5) is 14.6 Å². The van der Waals surface area contributed by atoms with Gasteiger partial charge in [-0.25, -0.2) is 18.7 Å². The largest absolute Gasteiger partial charge is 0.365 e. The third-order valence-corrected chi connectivity index (χ3v) is 6.81. The summed E-state index contributed by atoms with van der Waals surface area (Å²) < 4.78 is 31.7. The van der Waals surface area contributed by atoms with Crippen molar-refractivity contribution in [2.75, 3.05) is 5.32 Å². The molecule has 1 fully saturated rings. The first-order valence-electron chi connectivity index (χ1n) is 11.8. The molecule has 0 radical (unpaired) electrons. The number of benzene rings is 2. The van der Waals surface area contributed by atoms with Crippen LogP contribution in [0.2, 0.25) is 5.02 Å². The third-order valence-electron chi connectivity index (χ3n) is 6.57. The Morgan fingerprint density at radius 3 is 2.67 bits per heavy atom. The number of fused-ring (bicyclic) bond motifs is 1. The maximum atomic E-state index is 13.2. The summed E-state index contributed by atoms with van der Waals surface area (Å²) in [6, 6.07) is 13.2. The number of ketones is 1. The highest BCUT2D eigenvalue weighted by atomic mass is 35.5. The van der Waals surface area contributed by atoms with Crippen LogP contribution >= 0.6 is 11.6 Å². The molecule has 0 atom stereocenters. The van der Waals surface area contributed by atoms with E-state index in [4.69, 9.17) is 16.1 Å². The summed E-state index contributed by atoms with van der Waals surface area (Å²) in [4.78, 5) is 22.0. The van der Waals surface area contributed by atoms with Crippen LogP contribution in [0, 0.1) is 19.8 Å². The SMILES string of the molecule is Cc1noc(C)c1-c1ccc2nc(C(=O)CCC3CC(F)(F)C3)nc(NCc3cccc(Cl)c3)c2c1. The van der Waals surface area contributed by atoms with E-state index in [-0.39, 0.29) is 36.8 Å². The summed E-state index contributed by atoms with van der Waals surface area (Å²) in [6.07, 6.45) is 0.231. The van der Waals surface area contributed by atoms with E-state index in [1.54, 1.807) is 6.07 Å². The first kappa shape index (κ1) is 24.3. The molecule has 2 aromatic heterocycles. The Hall–Kier alpha value is -3.39. The van der Waals surface area contributed by atoms with E-state index < -0.39 is 5.92 Å². The Labute approximate surface area is 212 Å². The fraction of sp³-hybridized carbons (Fsp3) is 0.333. The van der Waals surface area contributed by atoms with Crippen molar-refractivity contribution < 1.29 is 18.1 Å². The number of carbonyl (C=O) groups is 1. The van der Waals surface area contributed by atoms with Crippen LogP contribution in [-0.4, -0.2) is 26.8 Å². The Morgan fingerprint density at radius 2 is 1.97 bits per heavy atom. The Balaban J connectivity index is 1.47. The highest BCUT2D eigenvalue weighted by Gasteiger charge is 2.44. The number of hydrogen-bond donors (Lipinski definition) is 1. The van der Waals surface area contributed by atoms with Crippen molar-refractivity contribution in [3.8, 4) is 11.1 Å². The second kappa shape index (κ2) is 9.58. The second-order valence-corrected chi connectivity index (χ2v) is 9.84. The van der Waals surface area contributed by atoms with Crippen LogP contribution in [0.5, 0.6) is 0 Å². The lowest BCUT2D eigenvalue weighted by Gasteiger charge is -2.34. The molecule has 186 valence electrons. The molecular weight excluding hydrogens is 486 g/mol. The molecule has 0 spiro atoms. The molecule has 1 aliphatic carbocycles. The number of nitrogens with one attached hydrogen (secondary N) is 1. The van der Waals surface area contributed by atoms with Gasteiger partial charge in [0.2, 0.25) is 5.92 Å². The Bertz CT molecular complexity index is 1430. The number of aromatic nitrogens is 3. The molecule has 0 saturated heterocycles. The van der Waals surface area contributed by atoms with E-state index in [1.165, 1.54) is 0 Å². The molecule has 0 bridgehead atoms. The molecule has 1 aliphatic rings. The minimum Gasteiger partial charge on any atom is -0.365 e. The minimum atomic E-state index is -2.59. The van der Waals surface area contributed by atoms with Crippen LogP contribution < -0.4 is 5.32 Å². The van der Waals surface area contributed by atoms with E-state index in [9.17, 15) is 13.6 Å². The quantitative estimate of drug-likeness (QED) is 0.253. The average molecular weight is 511 g/mol. The van der Waals surface area contributed by atoms with Gasteiger partial charge < -0.3 is 9.84 Å². The zero-order valence-electron chi connectivity index (χ0n) is 19.9. The van der Waals surface area contributed by atoms with Crippen molar-refractivity contribution in [1.82, 2.24) is 15.1 Å². The maximum absolute atomic E-state index is 13.2. The van der Waals surface area contributed by atoms with Gasteiger partial charge in [0.1, 0.15) is 11.6 Å². The van der Waals surface area contributed by atoms with Crippen LogP contribution in [0.3, 0.4) is 0 Å². The molecule has 5 rings (SSSR count). The first-order chi connectivity index (χ1) is 17.2. The van der Waals surface area contributed by atoms with Gasteiger partial charge in [-0.1, -0.05) is 35.0 Å². The molecule has 1 saturated carbocycles. The minimum absolute atomic E-state index is 0.0762. The van der Waals surface area contributed by atoms with Crippen molar-refractivity contribution in [3.63, 3.8) is 0 Å². The molecule has 0 aliphatic heterocycles. The van der Waals surface area contributed by atoms with Crippen molar-refractivity contribution in [2.24, 2.45) is 5.92 Å². The van der Waals surface area contributed by atoms with Crippen LogP contribution in [-0.2, 0) is 6.54 Å². The third kappa shape index (κ3) is 5.09. The number of anilines is 1. The summed E-state index contributed by atoms with van der Waals surface area (Å²) in [7, 11) is 0. The number of rotatable bonds is 8. The molecule has 4 aromatic rings. The van der Waals surface area contributed by atoms with Crippen molar-refractivity contribution in [3.05, 3.63) is 70.3 Å². The van der Waals surface area contributed by atoms with Crippen molar-refractivity contribution >= 4 is 34.1 Å². The Morgan fingerprint density at radius 1 is 1.17 bits per heavy atom. The van der Waals surface area contributed by atoms with Gasteiger partial charge in [0, 0.05) is 41.8 Å². The zero-order chi connectivity index (χ0) is 25.4. The molecule has 2 heterocycles. The average Bonchev–Trinajstić information content (AvgIpc) is 3.16. The fourth-order valence-corrected chi connectivity index (χ4v) is 4.92. The summed E-state index contributed by atoms with van der Waals surface area (Å²) in [5.74, 6) is -1.70. The topological polar surface area (TPSA) is 80.9 Å². The summed E-state index contributed by atoms with van der Waals surface area (Å²) >= 11 is 6.13. The second-order valence-electron chi connectivity index (χ2n) is 9.40. The van der Waals surface area contributed by atoms with Crippen molar-refractivity contribution in [2.45, 2.75) is 52.0 Å². The highest BCUT2D eigenvalue weighted by molar-refractivity contribution is 6.30. The van der Waals surface area contributed by atoms with Crippen LogP contribution in [0.1, 0.15) is 53.3 Å². The monoisotopic (exact) mass is 510 g/mol. The van der Waals surface area contributed by atoms with Gasteiger partial charge in [-0.05, 0) is 61.6 Å². The van der Waals surface area contributed by atoms with E-state index in [2.05, 4.69) is 20.4 Å². The number of halogens is 3. The molecule has 36 heavy (non-hydrogen) atoms. The lowest BCUT2D eigenvalue weighted by molar-refractivity contribution is -0.111. The molecule has 1 N–H and O–H groups in total. The fourth-order valence-electron chi connectivity index (χ4n) is 4.71. The molecular formula is C27H25ClF2N4O2. The summed E-state index contributed by atoms with van der Waals surface area (Å²) in [6.45, 7) is 4.17. The van der Waals surface area contributed by atoms with Gasteiger partial charge in [-0.3, -0.25) is 4.79 Å². The Kier molecular flexibility index (Phi) is 6.47. The lowest BCUT2D eigenvalue weighted by atomic mass is 9.78. The normalized spacial score (nSPS) is 15.1. The number of aryl methyl sites for hydroxylation is 2. The van der Waals surface area contributed by atoms with Gasteiger partial charge in [-0.15, -0.1) is 0 Å². The van der Waals surface area contributed by atoms with Crippen LogP contribution in [0.15, 0.2) is 47.0 Å². The number of nitrogens with zero attached hydrogens (tertiary/aromatic N) is 3. The maximum Gasteiger partial charge on any atom is 0.248 e. The van der Waals surface area contributed by atoms with Crippen molar-refractivity contribution in [1.29, 1.82) is 0 Å². The standard InChI is InChI=1S/C27H25ClF2N4O2/c1-15-24(16(2)36-34-15)19-7-8-22-21(11-19)25(31-14-17-4-3-5-20(28)10-17)33-26(32-22)23(35)9-6-18-12-27(29,30)13-18/h3-5,7-8,10-11,18H,6,9,12-14H2,1-2H3,(H,31,32,33). The van der Waals surface area contributed by atoms with Gasteiger partial charge in [-0.2, -0.15) is 0 Å².